The van der Waals surface area contributed by atoms with Crippen molar-refractivity contribution in [3.63, 3.8) is 0 Å². The Morgan fingerprint density at radius 3 is 2.60 bits per heavy atom. The summed E-state index contributed by atoms with van der Waals surface area (Å²) in [5.74, 6) is -0.191. The Kier molecular flexibility index (Phi) is 4.11. The molecular weight excluding hydrogens is 253 g/mol. The number of nitrogens with zero attached hydrogens (tertiary/aromatic N) is 2. The quantitative estimate of drug-likeness (QED) is 0.904. The normalized spacial score (nSPS) is 15.8. The van der Waals surface area contributed by atoms with Crippen molar-refractivity contribution in [1.82, 2.24) is 15.1 Å². The van der Waals surface area contributed by atoms with Crippen molar-refractivity contribution in [3.8, 4) is 0 Å². The van der Waals surface area contributed by atoms with Crippen LogP contribution in [-0.2, 0) is 13.1 Å². The lowest BCUT2D eigenvalue weighted by molar-refractivity contribution is 0.461. The molecule has 0 amide bonds. The first-order valence-corrected chi connectivity index (χ1v) is 7.30. The van der Waals surface area contributed by atoms with Crippen LogP contribution < -0.4 is 5.32 Å². The summed E-state index contributed by atoms with van der Waals surface area (Å²) in [5.41, 5.74) is 2.15. The van der Waals surface area contributed by atoms with Crippen LogP contribution in [0.3, 0.4) is 0 Å². The maximum Gasteiger partial charge on any atom is 0.123 e. The first-order chi connectivity index (χ1) is 9.81. The van der Waals surface area contributed by atoms with Crippen LogP contribution in [0.4, 0.5) is 4.39 Å². The molecule has 3 rings (SSSR count). The van der Waals surface area contributed by atoms with Crippen LogP contribution in [-0.4, -0.2) is 9.78 Å². The van der Waals surface area contributed by atoms with Gasteiger partial charge in [-0.25, -0.2) is 4.39 Å². The molecule has 1 aromatic heterocycles. The largest absolute Gasteiger partial charge is 0.307 e. The Balaban J connectivity index is 1.49. The van der Waals surface area contributed by atoms with E-state index in [1.54, 1.807) is 12.1 Å². The number of halogens is 1. The van der Waals surface area contributed by atoms with Crippen molar-refractivity contribution in [2.24, 2.45) is 0 Å². The molecule has 0 aliphatic heterocycles. The molecule has 1 aromatic carbocycles. The SMILES string of the molecule is Fc1ccc(CNCc2ccn(C3CCCC3)n2)cc1. The van der Waals surface area contributed by atoms with E-state index in [-0.39, 0.29) is 5.82 Å². The van der Waals surface area contributed by atoms with Gasteiger partial charge in [0.05, 0.1) is 11.7 Å². The number of aromatic nitrogens is 2. The topological polar surface area (TPSA) is 29.9 Å². The maximum atomic E-state index is 12.8. The highest BCUT2D eigenvalue weighted by atomic mass is 19.1. The van der Waals surface area contributed by atoms with Gasteiger partial charge in [-0.1, -0.05) is 25.0 Å². The van der Waals surface area contributed by atoms with E-state index in [1.807, 2.05) is 0 Å². The fourth-order valence-electron chi connectivity index (χ4n) is 2.78. The van der Waals surface area contributed by atoms with Gasteiger partial charge >= 0.3 is 0 Å². The molecular formula is C16H20FN3. The summed E-state index contributed by atoms with van der Waals surface area (Å²) in [5, 5.41) is 7.97. The molecule has 1 fully saturated rings. The molecule has 1 aliphatic carbocycles. The van der Waals surface area contributed by atoms with Crippen LogP contribution in [0.25, 0.3) is 0 Å². The summed E-state index contributed by atoms with van der Waals surface area (Å²) in [4.78, 5) is 0. The zero-order valence-electron chi connectivity index (χ0n) is 11.6. The molecule has 2 aromatic rings. The van der Waals surface area contributed by atoms with Gasteiger partial charge in [0.2, 0.25) is 0 Å². The lowest BCUT2D eigenvalue weighted by atomic mass is 10.2. The number of hydrogen-bond donors (Lipinski definition) is 1. The first kappa shape index (κ1) is 13.3. The maximum absolute atomic E-state index is 12.8. The monoisotopic (exact) mass is 273 g/mol. The minimum atomic E-state index is -0.191. The third-order valence-corrected chi connectivity index (χ3v) is 3.91. The second kappa shape index (κ2) is 6.18. The average molecular weight is 273 g/mol. The highest BCUT2D eigenvalue weighted by molar-refractivity contribution is 5.15. The lowest BCUT2D eigenvalue weighted by Gasteiger charge is -2.09. The Morgan fingerprint density at radius 2 is 1.85 bits per heavy atom. The Morgan fingerprint density at radius 1 is 1.10 bits per heavy atom. The highest BCUT2D eigenvalue weighted by Crippen LogP contribution is 2.28. The van der Waals surface area contributed by atoms with E-state index in [0.29, 0.717) is 6.04 Å². The summed E-state index contributed by atoms with van der Waals surface area (Å²) >= 11 is 0. The van der Waals surface area contributed by atoms with Gasteiger partial charge in [-0.3, -0.25) is 4.68 Å². The molecule has 4 heteroatoms. The summed E-state index contributed by atoms with van der Waals surface area (Å²) in [6.45, 7) is 1.48. The summed E-state index contributed by atoms with van der Waals surface area (Å²) in [6.07, 6.45) is 7.24. The molecule has 106 valence electrons. The minimum absolute atomic E-state index is 0.191. The fourth-order valence-corrected chi connectivity index (χ4v) is 2.78. The summed E-state index contributed by atoms with van der Waals surface area (Å²) in [6, 6.07) is 9.27. The molecule has 0 spiro atoms. The number of benzene rings is 1. The van der Waals surface area contributed by atoms with Crippen LogP contribution >= 0.6 is 0 Å². The summed E-state index contributed by atoms with van der Waals surface area (Å²) in [7, 11) is 0. The Labute approximate surface area is 118 Å². The van der Waals surface area contributed by atoms with Crippen molar-refractivity contribution in [3.05, 3.63) is 53.6 Å². The zero-order valence-corrected chi connectivity index (χ0v) is 11.6. The van der Waals surface area contributed by atoms with Gasteiger partial charge in [-0.15, -0.1) is 0 Å². The van der Waals surface area contributed by atoms with Gasteiger partial charge in [0.1, 0.15) is 5.82 Å². The van der Waals surface area contributed by atoms with Gasteiger partial charge < -0.3 is 5.32 Å². The van der Waals surface area contributed by atoms with E-state index in [2.05, 4.69) is 27.4 Å². The van der Waals surface area contributed by atoms with Crippen LogP contribution in [0.2, 0.25) is 0 Å². The second-order valence-corrected chi connectivity index (χ2v) is 5.46. The molecule has 0 saturated heterocycles. The van der Waals surface area contributed by atoms with Gasteiger partial charge in [-0.2, -0.15) is 5.10 Å². The van der Waals surface area contributed by atoms with E-state index in [1.165, 1.54) is 37.8 Å². The highest BCUT2D eigenvalue weighted by Gasteiger charge is 2.17. The van der Waals surface area contributed by atoms with E-state index < -0.39 is 0 Å². The van der Waals surface area contributed by atoms with Crippen LogP contribution in [0, 0.1) is 5.82 Å². The Hall–Kier alpha value is -1.68. The fraction of sp³-hybridized carbons (Fsp3) is 0.438. The summed E-state index contributed by atoms with van der Waals surface area (Å²) < 4.78 is 14.9. The predicted molar refractivity (Wildman–Crippen MR) is 76.7 cm³/mol. The van der Waals surface area contributed by atoms with Crippen molar-refractivity contribution in [2.75, 3.05) is 0 Å². The van der Waals surface area contributed by atoms with Gasteiger partial charge in [0, 0.05) is 19.3 Å². The van der Waals surface area contributed by atoms with Gasteiger partial charge in [-0.05, 0) is 36.6 Å². The molecule has 20 heavy (non-hydrogen) atoms. The molecule has 0 atom stereocenters. The van der Waals surface area contributed by atoms with Crippen molar-refractivity contribution in [2.45, 2.75) is 44.8 Å². The van der Waals surface area contributed by atoms with Gasteiger partial charge in [0.15, 0.2) is 0 Å². The van der Waals surface area contributed by atoms with Crippen molar-refractivity contribution in [1.29, 1.82) is 0 Å². The average Bonchev–Trinajstić information content (AvgIpc) is 3.11. The molecule has 0 unspecified atom stereocenters. The smallest absolute Gasteiger partial charge is 0.123 e. The lowest BCUT2D eigenvalue weighted by Crippen LogP contribution is -2.14. The van der Waals surface area contributed by atoms with Gasteiger partial charge in [0.25, 0.3) is 0 Å². The van der Waals surface area contributed by atoms with Crippen LogP contribution in [0.5, 0.6) is 0 Å². The molecule has 1 saturated carbocycles. The molecule has 3 nitrogen and oxygen atoms in total. The van der Waals surface area contributed by atoms with Crippen LogP contribution in [0.1, 0.15) is 43.0 Å². The number of rotatable bonds is 5. The third-order valence-electron chi connectivity index (χ3n) is 3.91. The van der Waals surface area contributed by atoms with Crippen LogP contribution in [0.15, 0.2) is 36.5 Å². The minimum Gasteiger partial charge on any atom is -0.307 e. The third kappa shape index (κ3) is 3.25. The predicted octanol–water partition coefficient (Wildman–Crippen LogP) is 3.43. The first-order valence-electron chi connectivity index (χ1n) is 7.30. The van der Waals surface area contributed by atoms with E-state index in [9.17, 15) is 4.39 Å². The molecule has 1 heterocycles. The molecule has 0 radical (unpaired) electrons. The van der Waals surface area contributed by atoms with E-state index in [4.69, 9.17) is 0 Å². The zero-order chi connectivity index (χ0) is 13.8. The molecule has 1 aliphatic rings. The van der Waals surface area contributed by atoms with Crippen molar-refractivity contribution < 1.29 is 4.39 Å². The Bertz CT molecular complexity index is 541. The van der Waals surface area contributed by atoms with E-state index >= 15 is 0 Å². The standard InChI is InChI=1S/C16H20FN3/c17-14-7-5-13(6-8-14)11-18-12-15-9-10-20(19-15)16-3-1-2-4-16/h5-10,16,18H,1-4,11-12H2. The van der Waals surface area contributed by atoms with Crippen molar-refractivity contribution >= 4 is 0 Å². The van der Waals surface area contributed by atoms with E-state index in [0.717, 1.165) is 24.3 Å². The second-order valence-electron chi connectivity index (χ2n) is 5.46. The number of hydrogen-bond acceptors (Lipinski definition) is 2. The number of nitrogens with one attached hydrogen (secondary N) is 1. The molecule has 0 bridgehead atoms. The molecule has 1 N–H and O–H groups in total.